The molecule has 0 N–H and O–H groups in total. The van der Waals surface area contributed by atoms with E-state index in [0.717, 1.165) is 0 Å². The quantitative estimate of drug-likeness (QED) is 0.733. The standard InChI is InChI=1S/C16H22N2O5S/c1-23-16(20)9-8-15(19)17-10-5-11-18(13-12-17)24(21,22)14-6-3-2-4-7-14/h2-4,6-7H,5,8-13H2,1H3. The van der Waals surface area contributed by atoms with Crippen LogP contribution in [0.4, 0.5) is 0 Å². The van der Waals surface area contributed by atoms with E-state index in [1.165, 1.54) is 11.4 Å². The highest BCUT2D eigenvalue weighted by Gasteiger charge is 2.28. The van der Waals surface area contributed by atoms with Crippen LogP contribution < -0.4 is 0 Å². The average molecular weight is 354 g/mol. The number of rotatable bonds is 5. The van der Waals surface area contributed by atoms with Crippen molar-refractivity contribution >= 4 is 21.9 Å². The molecule has 0 bridgehead atoms. The third-order valence-corrected chi connectivity index (χ3v) is 5.87. The van der Waals surface area contributed by atoms with Crippen molar-refractivity contribution in [3.8, 4) is 0 Å². The van der Waals surface area contributed by atoms with Gasteiger partial charge in [0, 0.05) is 32.6 Å². The van der Waals surface area contributed by atoms with Crippen molar-refractivity contribution in [1.82, 2.24) is 9.21 Å². The van der Waals surface area contributed by atoms with Gasteiger partial charge >= 0.3 is 5.97 Å². The van der Waals surface area contributed by atoms with Gasteiger partial charge in [-0.15, -0.1) is 0 Å². The van der Waals surface area contributed by atoms with E-state index in [1.54, 1.807) is 35.2 Å². The number of esters is 1. The molecule has 1 heterocycles. The molecule has 1 aliphatic heterocycles. The first-order valence-electron chi connectivity index (χ1n) is 7.85. The summed E-state index contributed by atoms with van der Waals surface area (Å²) in [6.07, 6.45) is 0.687. The van der Waals surface area contributed by atoms with Gasteiger partial charge < -0.3 is 9.64 Å². The van der Waals surface area contributed by atoms with Gasteiger partial charge in [0.05, 0.1) is 18.4 Å². The number of hydrogen-bond donors (Lipinski definition) is 0. The van der Waals surface area contributed by atoms with Crippen LogP contribution in [0.5, 0.6) is 0 Å². The Hall–Kier alpha value is -1.93. The van der Waals surface area contributed by atoms with E-state index in [-0.39, 0.29) is 30.2 Å². The minimum Gasteiger partial charge on any atom is -0.469 e. The molecular weight excluding hydrogens is 332 g/mol. The fourth-order valence-electron chi connectivity index (χ4n) is 2.59. The third-order valence-electron chi connectivity index (χ3n) is 3.96. The Morgan fingerprint density at radius 2 is 1.75 bits per heavy atom. The number of ether oxygens (including phenoxy) is 1. The maximum absolute atomic E-state index is 12.6. The zero-order valence-electron chi connectivity index (χ0n) is 13.7. The number of sulfonamides is 1. The molecule has 0 atom stereocenters. The second kappa shape index (κ2) is 8.25. The van der Waals surface area contributed by atoms with Crippen LogP contribution in [-0.2, 0) is 24.3 Å². The van der Waals surface area contributed by atoms with E-state index in [2.05, 4.69) is 4.74 Å². The van der Waals surface area contributed by atoms with Gasteiger partial charge in [-0.1, -0.05) is 18.2 Å². The molecule has 0 aliphatic carbocycles. The van der Waals surface area contributed by atoms with Crippen LogP contribution in [0, 0.1) is 0 Å². The van der Waals surface area contributed by atoms with E-state index in [9.17, 15) is 18.0 Å². The summed E-state index contributed by atoms with van der Waals surface area (Å²) in [7, 11) is -2.26. The molecule has 0 unspecified atom stereocenters. The van der Waals surface area contributed by atoms with Crippen molar-refractivity contribution < 1.29 is 22.7 Å². The molecule has 1 aromatic rings. The summed E-state index contributed by atoms with van der Waals surface area (Å²) < 4.78 is 31.2. The van der Waals surface area contributed by atoms with E-state index in [1.807, 2.05) is 0 Å². The van der Waals surface area contributed by atoms with Gasteiger partial charge in [0.25, 0.3) is 0 Å². The van der Waals surface area contributed by atoms with Crippen LogP contribution in [0.15, 0.2) is 35.2 Å². The molecule has 1 fully saturated rings. The smallest absolute Gasteiger partial charge is 0.306 e. The fourth-order valence-corrected chi connectivity index (χ4v) is 4.08. The number of carbonyl (C=O) groups excluding carboxylic acids is 2. The topological polar surface area (TPSA) is 84.0 Å². The Kier molecular flexibility index (Phi) is 6.33. The Balaban J connectivity index is 1.97. The van der Waals surface area contributed by atoms with Crippen LogP contribution in [0.3, 0.4) is 0 Å². The molecule has 7 nitrogen and oxygen atoms in total. The zero-order valence-corrected chi connectivity index (χ0v) is 14.5. The van der Waals surface area contributed by atoms with Crippen LogP contribution >= 0.6 is 0 Å². The van der Waals surface area contributed by atoms with E-state index >= 15 is 0 Å². The summed E-state index contributed by atoms with van der Waals surface area (Å²) in [5.74, 6) is -0.578. The highest BCUT2D eigenvalue weighted by molar-refractivity contribution is 7.89. The first-order valence-corrected chi connectivity index (χ1v) is 9.29. The summed E-state index contributed by atoms with van der Waals surface area (Å²) in [5.41, 5.74) is 0. The summed E-state index contributed by atoms with van der Waals surface area (Å²) in [4.78, 5) is 25.1. The van der Waals surface area contributed by atoms with E-state index in [0.29, 0.717) is 26.1 Å². The minimum atomic E-state index is -3.54. The van der Waals surface area contributed by atoms with Crippen molar-refractivity contribution in [2.24, 2.45) is 0 Å². The Bertz CT molecular complexity index is 675. The predicted octanol–water partition coefficient (Wildman–Crippen LogP) is 0.863. The second-order valence-corrected chi connectivity index (χ2v) is 7.47. The molecular formula is C16H22N2O5S. The Labute approximate surface area is 142 Å². The lowest BCUT2D eigenvalue weighted by Gasteiger charge is -2.22. The molecule has 0 radical (unpaired) electrons. The molecule has 1 aliphatic rings. The van der Waals surface area contributed by atoms with Gasteiger partial charge in [0.1, 0.15) is 0 Å². The first kappa shape index (κ1) is 18.4. The van der Waals surface area contributed by atoms with Crippen LogP contribution in [0.1, 0.15) is 19.3 Å². The van der Waals surface area contributed by atoms with Gasteiger partial charge in [0.2, 0.25) is 15.9 Å². The number of methoxy groups -OCH3 is 1. The third kappa shape index (κ3) is 4.55. The van der Waals surface area contributed by atoms with E-state index in [4.69, 9.17) is 0 Å². The maximum Gasteiger partial charge on any atom is 0.306 e. The normalized spacial score (nSPS) is 16.5. The minimum absolute atomic E-state index is 0.0395. The van der Waals surface area contributed by atoms with Crippen LogP contribution in [0.25, 0.3) is 0 Å². The molecule has 0 saturated carbocycles. The molecule has 0 spiro atoms. The Morgan fingerprint density at radius 1 is 1.04 bits per heavy atom. The largest absolute Gasteiger partial charge is 0.469 e. The molecule has 0 aromatic heterocycles. The van der Waals surface area contributed by atoms with Crippen molar-refractivity contribution in [3.05, 3.63) is 30.3 Å². The molecule has 1 saturated heterocycles. The van der Waals surface area contributed by atoms with Crippen molar-refractivity contribution in [2.75, 3.05) is 33.3 Å². The number of benzene rings is 1. The lowest BCUT2D eigenvalue weighted by molar-refractivity contribution is -0.143. The summed E-state index contributed by atoms with van der Waals surface area (Å²) in [6, 6.07) is 8.28. The number of hydrogen-bond acceptors (Lipinski definition) is 5. The lowest BCUT2D eigenvalue weighted by Crippen LogP contribution is -2.37. The SMILES string of the molecule is COC(=O)CCC(=O)N1CCCN(S(=O)(=O)c2ccccc2)CC1. The highest BCUT2D eigenvalue weighted by atomic mass is 32.2. The number of carbonyl (C=O) groups is 2. The van der Waals surface area contributed by atoms with Crippen LogP contribution in [-0.4, -0.2) is 62.8 Å². The van der Waals surface area contributed by atoms with Gasteiger partial charge in [0.15, 0.2) is 0 Å². The Morgan fingerprint density at radius 3 is 2.42 bits per heavy atom. The summed E-state index contributed by atoms with van der Waals surface area (Å²) in [5, 5.41) is 0. The molecule has 8 heteroatoms. The lowest BCUT2D eigenvalue weighted by atomic mass is 10.2. The predicted molar refractivity (Wildman–Crippen MR) is 87.6 cm³/mol. The second-order valence-electron chi connectivity index (χ2n) is 5.53. The zero-order chi connectivity index (χ0) is 17.6. The van der Waals surface area contributed by atoms with E-state index < -0.39 is 16.0 Å². The number of amides is 1. The van der Waals surface area contributed by atoms with Gasteiger partial charge in [-0.3, -0.25) is 9.59 Å². The highest BCUT2D eigenvalue weighted by Crippen LogP contribution is 2.17. The fraction of sp³-hybridized carbons (Fsp3) is 0.500. The first-order chi connectivity index (χ1) is 11.4. The van der Waals surface area contributed by atoms with Crippen molar-refractivity contribution in [2.45, 2.75) is 24.2 Å². The van der Waals surface area contributed by atoms with Gasteiger partial charge in [-0.2, -0.15) is 4.31 Å². The summed E-state index contributed by atoms with van der Waals surface area (Å²) in [6.45, 7) is 1.44. The maximum atomic E-state index is 12.6. The molecule has 2 rings (SSSR count). The monoisotopic (exact) mass is 354 g/mol. The van der Waals surface area contributed by atoms with Crippen molar-refractivity contribution in [3.63, 3.8) is 0 Å². The molecule has 1 aromatic carbocycles. The average Bonchev–Trinajstić information content (AvgIpc) is 2.86. The summed E-state index contributed by atoms with van der Waals surface area (Å²) >= 11 is 0. The molecule has 1 amide bonds. The van der Waals surface area contributed by atoms with Gasteiger partial charge in [-0.05, 0) is 18.6 Å². The molecule has 132 valence electrons. The number of nitrogens with zero attached hydrogens (tertiary/aromatic N) is 2. The van der Waals surface area contributed by atoms with Crippen molar-refractivity contribution in [1.29, 1.82) is 0 Å². The van der Waals surface area contributed by atoms with Gasteiger partial charge in [-0.25, -0.2) is 8.42 Å². The molecule has 24 heavy (non-hydrogen) atoms. The van der Waals surface area contributed by atoms with Crippen LogP contribution in [0.2, 0.25) is 0 Å².